The minimum absolute atomic E-state index is 0.0884. The minimum atomic E-state index is -0.693. The van der Waals surface area contributed by atoms with E-state index in [1.54, 1.807) is 16.6 Å². The third kappa shape index (κ3) is 3.83. The van der Waals surface area contributed by atoms with Gasteiger partial charge in [-0.25, -0.2) is 14.0 Å². The molecule has 164 valence electrons. The third-order valence-corrected chi connectivity index (χ3v) is 5.93. The van der Waals surface area contributed by atoms with Crippen LogP contribution in [0.1, 0.15) is 28.2 Å². The topological polar surface area (TPSA) is 96.8 Å². The largest absolute Gasteiger partial charge is 0.467 e. The van der Waals surface area contributed by atoms with E-state index in [4.69, 9.17) is 16.3 Å². The van der Waals surface area contributed by atoms with Gasteiger partial charge in [-0.05, 0) is 24.6 Å². The summed E-state index contributed by atoms with van der Waals surface area (Å²) in [4.78, 5) is 40.9. The fraction of sp³-hybridized carbons (Fsp3) is 0.400. The van der Waals surface area contributed by atoms with Crippen molar-refractivity contribution in [2.45, 2.75) is 32.0 Å². The number of aromatic nitrogens is 2. The van der Waals surface area contributed by atoms with E-state index in [2.05, 4.69) is 10.4 Å². The zero-order valence-corrected chi connectivity index (χ0v) is 17.8. The first-order chi connectivity index (χ1) is 14.8. The van der Waals surface area contributed by atoms with Gasteiger partial charge in [0, 0.05) is 37.8 Å². The van der Waals surface area contributed by atoms with Crippen LogP contribution >= 0.6 is 11.6 Å². The number of esters is 1. The molecule has 3 heterocycles. The molecule has 1 N–H and O–H groups in total. The molecule has 31 heavy (non-hydrogen) atoms. The van der Waals surface area contributed by atoms with E-state index in [0.717, 1.165) is 5.69 Å². The summed E-state index contributed by atoms with van der Waals surface area (Å²) in [6.45, 7) is 0.991. The highest BCUT2D eigenvalue weighted by molar-refractivity contribution is 6.31. The molecule has 0 saturated carbocycles. The van der Waals surface area contributed by atoms with E-state index in [0.29, 0.717) is 42.9 Å². The SMILES string of the molecule is COC(=O)C1CCn2nc3c(c2C(=O)N1C)CN(C(=O)Nc1ccc(F)c(Cl)c1)CC3. The molecule has 0 saturated heterocycles. The summed E-state index contributed by atoms with van der Waals surface area (Å²) < 4.78 is 19.8. The van der Waals surface area contributed by atoms with Gasteiger partial charge in [-0.15, -0.1) is 0 Å². The first-order valence-corrected chi connectivity index (χ1v) is 10.1. The first kappa shape index (κ1) is 21.1. The van der Waals surface area contributed by atoms with E-state index < -0.39 is 23.9 Å². The van der Waals surface area contributed by atoms with Crippen LogP contribution in [-0.4, -0.2) is 64.2 Å². The molecular formula is C20H21ClFN5O4. The number of methoxy groups -OCH3 is 1. The zero-order valence-electron chi connectivity index (χ0n) is 17.0. The maximum atomic E-state index is 13.4. The Morgan fingerprint density at radius 2 is 2.10 bits per heavy atom. The van der Waals surface area contributed by atoms with E-state index in [9.17, 15) is 18.8 Å². The van der Waals surface area contributed by atoms with Crippen LogP contribution in [0, 0.1) is 5.82 Å². The maximum absolute atomic E-state index is 13.4. The molecule has 2 aromatic rings. The second kappa shape index (κ2) is 8.18. The molecule has 1 aromatic carbocycles. The number of ether oxygens (including phenoxy) is 1. The minimum Gasteiger partial charge on any atom is -0.467 e. The second-order valence-corrected chi connectivity index (χ2v) is 7.88. The fourth-order valence-electron chi connectivity index (χ4n) is 3.94. The van der Waals surface area contributed by atoms with Crippen LogP contribution in [0.2, 0.25) is 5.02 Å². The molecule has 1 unspecified atom stereocenters. The standard InChI is InChI=1S/C20H21ClFN5O4/c1-25-16(19(29)31-2)6-8-27-17(18(25)28)12-10-26(7-5-15(12)24-27)20(30)23-11-3-4-14(22)13(21)9-11/h3-4,9,16H,5-8,10H2,1-2H3,(H,23,30). The molecule has 11 heteroatoms. The lowest BCUT2D eigenvalue weighted by atomic mass is 10.0. The lowest BCUT2D eigenvalue weighted by Crippen LogP contribution is -2.43. The Labute approximate surface area is 182 Å². The molecule has 0 fully saturated rings. The van der Waals surface area contributed by atoms with Crippen LogP contribution in [0.5, 0.6) is 0 Å². The van der Waals surface area contributed by atoms with Crippen molar-refractivity contribution in [3.63, 3.8) is 0 Å². The van der Waals surface area contributed by atoms with Crippen molar-refractivity contribution in [3.05, 3.63) is 46.0 Å². The Morgan fingerprint density at radius 3 is 2.81 bits per heavy atom. The number of amides is 3. The number of hydrogen-bond acceptors (Lipinski definition) is 5. The van der Waals surface area contributed by atoms with Crippen LogP contribution in [0.4, 0.5) is 14.9 Å². The summed E-state index contributed by atoms with van der Waals surface area (Å²) in [5, 5.41) is 7.16. The van der Waals surface area contributed by atoms with Crippen LogP contribution in [0.3, 0.4) is 0 Å². The molecule has 2 aliphatic rings. The van der Waals surface area contributed by atoms with Gasteiger partial charge in [-0.2, -0.15) is 5.10 Å². The van der Waals surface area contributed by atoms with Crippen molar-refractivity contribution in [2.24, 2.45) is 0 Å². The number of halogens is 2. The third-order valence-electron chi connectivity index (χ3n) is 5.64. The van der Waals surface area contributed by atoms with Crippen LogP contribution in [0.15, 0.2) is 18.2 Å². The van der Waals surface area contributed by atoms with Gasteiger partial charge in [0.25, 0.3) is 5.91 Å². The van der Waals surface area contributed by atoms with Crippen LogP contribution in [-0.2, 0) is 29.0 Å². The number of rotatable bonds is 2. The molecule has 0 aliphatic carbocycles. The number of hydrogen-bond donors (Lipinski definition) is 1. The molecule has 4 rings (SSSR count). The lowest BCUT2D eigenvalue weighted by molar-refractivity contribution is -0.145. The number of anilines is 1. The quantitative estimate of drug-likeness (QED) is 0.709. The average Bonchev–Trinajstić information content (AvgIpc) is 3.07. The molecule has 2 aliphatic heterocycles. The summed E-state index contributed by atoms with van der Waals surface area (Å²) in [5.74, 6) is -1.39. The van der Waals surface area contributed by atoms with Gasteiger partial charge in [0.2, 0.25) is 0 Å². The van der Waals surface area contributed by atoms with Gasteiger partial charge in [0.05, 0.1) is 24.4 Å². The van der Waals surface area contributed by atoms with Crippen molar-refractivity contribution in [1.82, 2.24) is 19.6 Å². The summed E-state index contributed by atoms with van der Waals surface area (Å²) in [6, 6.07) is 2.85. The number of fused-ring (bicyclic) bond motifs is 3. The number of likely N-dealkylation sites (N-methyl/N-ethyl adjacent to an activating group) is 1. The Hall–Kier alpha value is -3.14. The highest BCUT2D eigenvalue weighted by Gasteiger charge is 2.37. The van der Waals surface area contributed by atoms with Gasteiger partial charge < -0.3 is 19.9 Å². The summed E-state index contributed by atoms with van der Waals surface area (Å²) in [7, 11) is 2.85. The number of carbonyl (C=O) groups excluding carboxylic acids is 3. The Balaban J connectivity index is 1.56. The van der Waals surface area contributed by atoms with Crippen molar-refractivity contribution >= 4 is 35.2 Å². The summed E-state index contributed by atoms with van der Waals surface area (Å²) in [5.41, 5.74) is 2.18. The van der Waals surface area contributed by atoms with E-state index in [1.807, 2.05) is 0 Å². The van der Waals surface area contributed by atoms with Crippen LogP contribution in [0.25, 0.3) is 0 Å². The monoisotopic (exact) mass is 449 g/mol. The summed E-state index contributed by atoms with van der Waals surface area (Å²) >= 11 is 5.78. The predicted molar refractivity (Wildman–Crippen MR) is 109 cm³/mol. The number of carbonyl (C=O) groups is 3. The Morgan fingerprint density at radius 1 is 1.32 bits per heavy atom. The normalized spacial score (nSPS) is 18.2. The van der Waals surface area contributed by atoms with E-state index in [-0.39, 0.29) is 17.5 Å². The van der Waals surface area contributed by atoms with Crippen molar-refractivity contribution in [3.8, 4) is 0 Å². The highest BCUT2D eigenvalue weighted by atomic mass is 35.5. The number of benzene rings is 1. The number of urea groups is 1. The van der Waals surface area contributed by atoms with Gasteiger partial charge in [-0.1, -0.05) is 11.6 Å². The van der Waals surface area contributed by atoms with Gasteiger partial charge in [-0.3, -0.25) is 9.48 Å². The van der Waals surface area contributed by atoms with Crippen molar-refractivity contribution in [1.29, 1.82) is 0 Å². The molecule has 0 spiro atoms. The molecule has 9 nitrogen and oxygen atoms in total. The molecule has 0 radical (unpaired) electrons. The van der Waals surface area contributed by atoms with E-state index in [1.165, 1.54) is 30.2 Å². The predicted octanol–water partition coefficient (Wildman–Crippen LogP) is 2.28. The molecule has 3 amide bonds. The smallest absolute Gasteiger partial charge is 0.328 e. The summed E-state index contributed by atoms with van der Waals surface area (Å²) in [6.07, 6.45) is 0.877. The van der Waals surface area contributed by atoms with Crippen molar-refractivity contribution in [2.75, 3.05) is 26.0 Å². The number of nitrogens with zero attached hydrogens (tertiary/aromatic N) is 4. The molecule has 1 atom stereocenters. The molecule has 0 bridgehead atoms. The van der Waals surface area contributed by atoms with Crippen molar-refractivity contribution < 1.29 is 23.5 Å². The Kier molecular flexibility index (Phi) is 5.57. The average molecular weight is 450 g/mol. The zero-order chi connectivity index (χ0) is 22.3. The lowest BCUT2D eigenvalue weighted by Gasteiger charge is -2.28. The second-order valence-electron chi connectivity index (χ2n) is 7.47. The Bertz CT molecular complexity index is 1070. The van der Waals surface area contributed by atoms with Gasteiger partial charge in [0.1, 0.15) is 17.6 Å². The fourth-order valence-corrected chi connectivity index (χ4v) is 4.12. The number of aryl methyl sites for hydroxylation is 1. The van der Waals surface area contributed by atoms with Gasteiger partial charge >= 0.3 is 12.0 Å². The molecule has 1 aromatic heterocycles. The van der Waals surface area contributed by atoms with Crippen LogP contribution < -0.4 is 5.32 Å². The first-order valence-electron chi connectivity index (χ1n) is 9.74. The number of nitrogens with one attached hydrogen (secondary N) is 1. The molecular weight excluding hydrogens is 429 g/mol. The van der Waals surface area contributed by atoms with Gasteiger partial charge in [0.15, 0.2) is 0 Å². The highest BCUT2D eigenvalue weighted by Crippen LogP contribution is 2.28. The maximum Gasteiger partial charge on any atom is 0.328 e. The van der Waals surface area contributed by atoms with E-state index >= 15 is 0 Å².